The second kappa shape index (κ2) is 5.48. The number of nitrogens with one attached hydrogen (secondary N) is 1. The summed E-state index contributed by atoms with van der Waals surface area (Å²) in [5, 5.41) is 2.44. The highest BCUT2D eigenvalue weighted by atomic mass is 19.3. The first-order valence-corrected chi connectivity index (χ1v) is 5.43. The minimum Gasteiger partial charge on any atom is -0.348 e. The standard InChI is InChI=1S/C12H12F2N4/c1-8-3-2-4-10(18-8)9-5-15-12(16-6-9)17-7-11(13)14/h2-6,11H,7H2,1H3,(H,15,16,17). The number of aryl methyl sites for hydroxylation is 1. The largest absolute Gasteiger partial charge is 0.348 e. The highest BCUT2D eigenvalue weighted by Crippen LogP contribution is 2.15. The molecule has 4 nitrogen and oxygen atoms in total. The molecule has 0 aliphatic heterocycles. The Hall–Kier alpha value is -2.11. The van der Waals surface area contributed by atoms with Gasteiger partial charge >= 0.3 is 0 Å². The van der Waals surface area contributed by atoms with Crippen molar-refractivity contribution in [3.8, 4) is 11.3 Å². The van der Waals surface area contributed by atoms with Gasteiger partial charge < -0.3 is 5.32 Å². The maximum absolute atomic E-state index is 12.0. The number of rotatable bonds is 4. The van der Waals surface area contributed by atoms with E-state index in [1.807, 2.05) is 25.1 Å². The van der Waals surface area contributed by atoms with Crippen LogP contribution in [0.25, 0.3) is 11.3 Å². The Kier molecular flexibility index (Phi) is 3.76. The molecule has 1 N–H and O–H groups in total. The lowest BCUT2D eigenvalue weighted by Gasteiger charge is -2.05. The van der Waals surface area contributed by atoms with Crippen molar-refractivity contribution in [2.45, 2.75) is 13.3 Å². The van der Waals surface area contributed by atoms with E-state index in [1.165, 1.54) is 0 Å². The molecule has 0 fully saturated rings. The number of nitrogens with zero attached hydrogens (tertiary/aromatic N) is 3. The topological polar surface area (TPSA) is 50.7 Å². The molecule has 0 spiro atoms. The third-order valence-corrected chi connectivity index (χ3v) is 2.25. The average Bonchev–Trinajstić information content (AvgIpc) is 2.37. The number of alkyl halides is 2. The molecule has 2 heterocycles. The predicted octanol–water partition coefficient (Wildman–Crippen LogP) is 2.52. The van der Waals surface area contributed by atoms with Crippen molar-refractivity contribution < 1.29 is 8.78 Å². The third-order valence-electron chi connectivity index (χ3n) is 2.25. The molecule has 0 radical (unpaired) electrons. The molecule has 6 heteroatoms. The van der Waals surface area contributed by atoms with E-state index in [4.69, 9.17) is 0 Å². The monoisotopic (exact) mass is 250 g/mol. The van der Waals surface area contributed by atoms with E-state index in [2.05, 4.69) is 20.3 Å². The van der Waals surface area contributed by atoms with Crippen molar-refractivity contribution in [2.24, 2.45) is 0 Å². The Labute approximate surface area is 103 Å². The van der Waals surface area contributed by atoms with Crippen LogP contribution in [0, 0.1) is 6.92 Å². The van der Waals surface area contributed by atoms with Crippen molar-refractivity contribution >= 4 is 5.95 Å². The molecule has 2 rings (SSSR count). The summed E-state index contributed by atoms with van der Waals surface area (Å²) in [5.41, 5.74) is 2.41. The minimum absolute atomic E-state index is 0.187. The maximum Gasteiger partial charge on any atom is 0.255 e. The fraction of sp³-hybridized carbons (Fsp3) is 0.250. The molecule has 0 atom stereocenters. The molecular formula is C12H12F2N4. The van der Waals surface area contributed by atoms with Gasteiger partial charge in [-0.25, -0.2) is 18.7 Å². The Balaban J connectivity index is 2.12. The quantitative estimate of drug-likeness (QED) is 0.905. The first kappa shape index (κ1) is 12.3. The molecule has 0 unspecified atom stereocenters. The second-order valence-corrected chi connectivity index (χ2v) is 3.73. The number of hydrogen-bond acceptors (Lipinski definition) is 4. The molecule has 94 valence electrons. The van der Waals surface area contributed by atoms with Gasteiger partial charge in [0.25, 0.3) is 6.43 Å². The lowest BCUT2D eigenvalue weighted by Crippen LogP contribution is -2.12. The summed E-state index contributed by atoms with van der Waals surface area (Å²) in [6, 6.07) is 5.63. The summed E-state index contributed by atoms with van der Waals surface area (Å²) >= 11 is 0. The second-order valence-electron chi connectivity index (χ2n) is 3.73. The van der Waals surface area contributed by atoms with Crippen LogP contribution in [0.2, 0.25) is 0 Å². The zero-order valence-electron chi connectivity index (χ0n) is 9.77. The minimum atomic E-state index is -2.42. The SMILES string of the molecule is Cc1cccc(-c2cnc(NCC(F)F)nc2)n1. The molecule has 0 aliphatic rings. The van der Waals surface area contributed by atoms with Gasteiger partial charge in [-0.15, -0.1) is 0 Å². The Bertz CT molecular complexity index is 514. The maximum atomic E-state index is 12.0. The van der Waals surface area contributed by atoms with Gasteiger partial charge in [0.2, 0.25) is 5.95 Å². The molecule has 0 aromatic carbocycles. The van der Waals surface area contributed by atoms with Crippen LogP contribution in [0.3, 0.4) is 0 Å². The number of aromatic nitrogens is 3. The van der Waals surface area contributed by atoms with Crippen LogP contribution in [0.5, 0.6) is 0 Å². The molecular weight excluding hydrogens is 238 g/mol. The summed E-state index contributed by atoms with van der Waals surface area (Å²) in [6.45, 7) is 1.44. The van der Waals surface area contributed by atoms with Gasteiger partial charge in [-0.1, -0.05) is 6.07 Å². The number of pyridine rings is 1. The summed E-state index contributed by atoms with van der Waals surface area (Å²) in [6.07, 6.45) is 0.692. The van der Waals surface area contributed by atoms with E-state index in [1.54, 1.807) is 12.4 Å². The third kappa shape index (κ3) is 3.19. The zero-order chi connectivity index (χ0) is 13.0. The van der Waals surface area contributed by atoms with E-state index in [9.17, 15) is 8.78 Å². The Morgan fingerprint density at radius 1 is 1.22 bits per heavy atom. The van der Waals surface area contributed by atoms with E-state index in [0.29, 0.717) is 0 Å². The molecule has 0 saturated heterocycles. The first-order chi connectivity index (χ1) is 8.65. The summed E-state index contributed by atoms with van der Waals surface area (Å²) in [5.74, 6) is 0.187. The molecule has 0 saturated carbocycles. The number of halogens is 2. The molecule has 2 aromatic rings. The van der Waals surface area contributed by atoms with Crippen LogP contribution < -0.4 is 5.32 Å². The average molecular weight is 250 g/mol. The van der Waals surface area contributed by atoms with Crippen LogP contribution in [0.15, 0.2) is 30.6 Å². The lowest BCUT2D eigenvalue weighted by atomic mass is 10.2. The van der Waals surface area contributed by atoms with Gasteiger partial charge in [-0.05, 0) is 19.1 Å². The van der Waals surface area contributed by atoms with Gasteiger partial charge in [-0.3, -0.25) is 4.98 Å². The highest BCUT2D eigenvalue weighted by molar-refractivity contribution is 5.57. The molecule has 2 aromatic heterocycles. The van der Waals surface area contributed by atoms with Crippen LogP contribution in [-0.2, 0) is 0 Å². The van der Waals surface area contributed by atoms with E-state index in [-0.39, 0.29) is 5.95 Å². The van der Waals surface area contributed by atoms with Crippen molar-refractivity contribution in [3.63, 3.8) is 0 Å². The molecule has 18 heavy (non-hydrogen) atoms. The van der Waals surface area contributed by atoms with Crippen molar-refractivity contribution in [2.75, 3.05) is 11.9 Å². The van der Waals surface area contributed by atoms with Gasteiger partial charge in [0.05, 0.1) is 12.2 Å². The summed E-state index contributed by atoms with van der Waals surface area (Å²) in [7, 11) is 0. The highest BCUT2D eigenvalue weighted by Gasteiger charge is 2.04. The van der Waals surface area contributed by atoms with Crippen LogP contribution in [0.1, 0.15) is 5.69 Å². The number of hydrogen-bond donors (Lipinski definition) is 1. The van der Waals surface area contributed by atoms with Gasteiger partial charge in [0.1, 0.15) is 0 Å². The first-order valence-electron chi connectivity index (χ1n) is 5.43. The molecule has 0 bridgehead atoms. The van der Waals surface area contributed by atoms with Gasteiger partial charge in [-0.2, -0.15) is 0 Å². The van der Waals surface area contributed by atoms with Crippen LogP contribution >= 0.6 is 0 Å². The smallest absolute Gasteiger partial charge is 0.255 e. The van der Waals surface area contributed by atoms with Gasteiger partial charge in [0.15, 0.2) is 0 Å². The Morgan fingerprint density at radius 2 is 1.94 bits per heavy atom. The van der Waals surface area contributed by atoms with Crippen LogP contribution in [-0.4, -0.2) is 27.9 Å². The molecule has 0 amide bonds. The lowest BCUT2D eigenvalue weighted by molar-refractivity contribution is 0.163. The van der Waals surface area contributed by atoms with Crippen molar-refractivity contribution in [3.05, 3.63) is 36.3 Å². The summed E-state index contributed by atoms with van der Waals surface area (Å²) < 4.78 is 24.0. The van der Waals surface area contributed by atoms with Crippen LogP contribution in [0.4, 0.5) is 14.7 Å². The normalized spacial score (nSPS) is 10.7. The van der Waals surface area contributed by atoms with E-state index < -0.39 is 13.0 Å². The fourth-order valence-electron chi connectivity index (χ4n) is 1.42. The van der Waals surface area contributed by atoms with E-state index >= 15 is 0 Å². The van der Waals surface area contributed by atoms with E-state index in [0.717, 1.165) is 17.0 Å². The van der Waals surface area contributed by atoms with Gasteiger partial charge in [0, 0.05) is 23.7 Å². The number of anilines is 1. The summed E-state index contributed by atoms with van der Waals surface area (Å²) in [4.78, 5) is 12.2. The van der Waals surface area contributed by atoms with Crippen molar-refractivity contribution in [1.82, 2.24) is 15.0 Å². The Morgan fingerprint density at radius 3 is 2.56 bits per heavy atom. The predicted molar refractivity (Wildman–Crippen MR) is 64.5 cm³/mol. The molecule has 0 aliphatic carbocycles. The fourth-order valence-corrected chi connectivity index (χ4v) is 1.42. The van der Waals surface area contributed by atoms with Crippen molar-refractivity contribution in [1.29, 1.82) is 0 Å². The zero-order valence-corrected chi connectivity index (χ0v) is 9.77.